The van der Waals surface area contributed by atoms with Crippen LogP contribution in [0.15, 0.2) is 0 Å². The molecule has 20 heavy (non-hydrogen) atoms. The third-order valence-corrected chi connectivity index (χ3v) is 2.96. The molecular weight excluding hydrogens is 264 g/mol. The first-order chi connectivity index (χ1) is 9.56. The molecule has 0 spiro atoms. The molecule has 2 heterocycles. The molecule has 9 heteroatoms. The van der Waals surface area contributed by atoms with Gasteiger partial charge in [0.25, 0.3) is 0 Å². The van der Waals surface area contributed by atoms with E-state index in [0.29, 0.717) is 19.1 Å². The second kappa shape index (κ2) is 5.66. The Bertz CT molecular complexity index is 570. The average Bonchev–Trinajstić information content (AvgIpc) is 2.45. The molecule has 0 saturated carbocycles. The fraction of sp³-hybridized carbons (Fsp3) is 0.545. The Morgan fingerprint density at radius 2 is 2.35 bits per heavy atom. The molecule has 1 aromatic rings. The maximum Gasteiger partial charge on any atom is 0.332 e. The summed E-state index contributed by atoms with van der Waals surface area (Å²) < 4.78 is 5.23. The number of aromatic nitrogens is 2. The van der Waals surface area contributed by atoms with Crippen LogP contribution in [-0.4, -0.2) is 47.7 Å². The van der Waals surface area contributed by atoms with Crippen molar-refractivity contribution in [2.75, 3.05) is 37.0 Å². The molecule has 2 rings (SSSR count). The van der Waals surface area contributed by atoms with E-state index in [1.54, 1.807) is 18.9 Å². The van der Waals surface area contributed by atoms with Gasteiger partial charge in [-0.15, -0.1) is 0 Å². The van der Waals surface area contributed by atoms with Crippen molar-refractivity contribution in [2.45, 2.75) is 13.0 Å². The summed E-state index contributed by atoms with van der Waals surface area (Å²) >= 11 is 0. The van der Waals surface area contributed by atoms with Crippen LogP contribution in [0.4, 0.5) is 17.5 Å². The number of nitriles is 1. The van der Waals surface area contributed by atoms with Gasteiger partial charge in [0.15, 0.2) is 6.10 Å². The second-order valence-corrected chi connectivity index (χ2v) is 4.25. The molecule has 0 amide bonds. The van der Waals surface area contributed by atoms with E-state index >= 15 is 0 Å². The molecule has 0 aliphatic carbocycles. The Labute approximate surface area is 115 Å². The summed E-state index contributed by atoms with van der Waals surface area (Å²) in [6, 6.07) is 2.00. The first-order valence-electron chi connectivity index (χ1n) is 6.03. The number of nitrogens with zero attached hydrogens (tertiary/aromatic N) is 5. The average molecular weight is 278 g/mol. The highest BCUT2D eigenvalue weighted by molar-refractivity contribution is 5.62. The number of rotatable bonds is 3. The van der Waals surface area contributed by atoms with Crippen molar-refractivity contribution in [3.05, 3.63) is 15.8 Å². The van der Waals surface area contributed by atoms with Crippen molar-refractivity contribution < 1.29 is 9.66 Å². The first-order valence-corrected chi connectivity index (χ1v) is 6.03. The van der Waals surface area contributed by atoms with Gasteiger partial charge in [0, 0.05) is 13.6 Å². The van der Waals surface area contributed by atoms with E-state index < -0.39 is 11.0 Å². The number of nitro groups is 1. The highest BCUT2D eigenvalue weighted by Gasteiger charge is 2.30. The van der Waals surface area contributed by atoms with E-state index in [1.807, 2.05) is 6.07 Å². The minimum Gasteiger partial charge on any atom is -0.360 e. The summed E-state index contributed by atoms with van der Waals surface area (Å²) in [5.41, 5.74) is 0.145. The number of hydrogen-bond acceptors (Lipinski definition) is 8. The van der Waals surface area contributed by atoms with Gasteiger partial charge in [0.2, 0.25) is 11.8 Å². The van der Waals surface area contributed by atoms with Gasteiger partial charge in [-0.25, -0.2) is 4.98 Å². The molecule has 0 radical (unpaired) electrons. The number of morpholine rings is 1. The Morgan fingerprint density at radius 1 is 1.60 bits per heavy atom. The fourth-order valence-corrected chi connectivity index (χ4v) is 2.02. The van der Waals surface area contributed by atoms with Crippen LogP contribution in [0, 0.1) is 28.4 Å². The fourth-order valence-electron chi connectivity index (χ4n) is 2.02. The standard InChI is InChI=1S/C11H14N6O3/c1-7-9(17(18)19)10(15-11(13-2)14-7)16-3-4-20-8(5-12)6-16/h8H,3-4,6H2,1-2H3,(H,13,14,15). The van der Waals surface area contributed by atoms with E-state index in [9.17, 15) is 10.1 Å². The lowest BCUT2D eigenvalue weighted by Gasteiger charge is -2.30. The van der Waals surface area contributed by atoms with Gasteiger partial charge in [-0.3, -0.25) is 10.1 Å². The van der Waals surface area contributed by atoms with Crippen LogP contribution in [0.3, 0.4) is 0 Å². The van der Waals surface area contributed by atoms with Gasteiger partial charge in [-0.1, -0.05) is 0 Å². The summed E-state index contributed by atoms with van der Waals surface area (Å²) in [4.78, 5) is 20.6. The number of hydrogen-bond donors (Lipinski definition) is 1. The molecule has 0 bridgehead atoms. The number of aryl methyl sites for hydroxylation is 1. The Kier molecular flexibility index (Phi) is 3.95. The minimum atomic E-state index is -0.614. The topological polar surface area (TPSA) is 117 Å². The molecule has 1 aliphatic rings. The van der Waals surface area contributed by atoms with Crippen LogP contribution in [0.1, 0.15) is 5.69 Å². The monoisotopic (exact) mass is 278 g/mol. The molecular formula is C11H14N6O3. The van der Waals surface area contributed by atoms with Crippen molar-refractivity contribution in [1.29, 1.82) is 5.26 Å². The SMILES string of the molecule is CNc1nc(C)c([N+](=O)[O-])c(N2CCOC(C#N)C2)n1. The maximum atomic E-state index is 11.2. The Morgan fingerprint density at radius 3 is 2.95 bits per heavy atom. The summed E-state index contributed by atoms with van der Waals surface area (Å²) in [5, 5.41) is 22.9. The zero-order valence-electron chi connectivity index (χ0n) is 11.2. The molecule has 1 saturated heterocycles. The quantitative estimate of drug-likeness (QED) is 0.626. The van der Waals surface area contributed by atoms with Crippen molar-refractivity contribution in [3.8, 4) is 6.07 Å². The predicted octanol–water partition coefficient (Wildman–Crippen LogP) is 0.464. The summed E-state index contributed by atoms with van der Waals surface area (Å²) in [5.74, 6) is 0.526. The highest BCUT2D eigenvalue weighted by Crippen LogP contribution is 2.30. The number of nitrogens with one attached hydrogen (secondary N) is 1. The third kappa shape index (κ3) is 2.60. The van der Waals surface area contributed by atoms with Gasteiger partial charge in [0.1, 0.15) is 5.69 Å². The largest absolute Gasteiger partial charge is 0.360 e. The molecule has 1 aromatic heterocycles. The molecule has 1 atom stereocenters. The van der Waals surface area contributed by atoms with Crippen LogP contribution in [0.25, 0.3) is 0 Å². The summed E-state index contributed by atoms with van der Waals surface area (Å²) in [7, 11) is 1.64. The normalized spacial score (nSPS) is 18.4. The van der Waals surface area contributed by atoms with Gasteiger partial charge < -0.3 is 15.0 Å². The lowest BCUT2D eigenvalue weighted by Crippen LogP contribution is -2.42. The molecule has 0 aromatic carbocycles. The lowest BCUT2D eigenvalue weighted by molar-refractivity contribution is -0.385. The number of ether oxygens (including phenoxy) is 1. The van der Waals surface area contributed by atoms with Crippen LogP contribution in [0.5, 0.6) is 0 Å². The van der Waals surface area contributed by atoms with Gasteiger partial charge in [0.05, 0.1) is 24.1 Å². The Balaban J connectivity index is 2.45. The van der Waals surface area contributed by atoms with Gasteiger partial charge in [-0.2, -0.15) is 10.2 Å². The Hall–Kier alpha value is -2.47. The van der Waals surface area contributed by atoms with E-state index in [1.165, 1.54) is 0 Å². The van der Waals surface area contributed by atoms with Crippen molar-refractivity contribution in [1.82, 2.24) is 9.97 Å². The summed E-state index contributed by atoms with van der Waals surface area (Å²) in [6.45, 7) is 2.58. The minimum absolute atomic E-state index is 0.136. The smallest absolute Gasteiger partial charge is 0.332 e. The van der Waals surface area contributed by atoms with E-state index in [4.69, 9.17) is 10.00 Å². The summed E-state index contributed by atoms with van der Waals surface area (Å²) in [6.07, 6.45) is -0.614. The third-order valence-electron chi connectivity index (χ3n) is 2.96. The van der Waals surface area contributed by atoms with Crippen molar-refractivity contribution >= 4 is 17.5 Å². The van der Waals surface area contributed by atoms with Crippen LogP contribution in [0.2, 0.25) is 0 Å². The molecule has 1 unspecified atom stereocenters. The zero-order chi connectivity index (χ0) is 14.7. The second-order valence-electron chi connectivity index (χ2n) is 4.25. The zero-order valence-corrected chi connectivity index (χ0v) is 11.2. The molecule has 1 aliphatic heterocycles. The van der Waals surface area contributed by atoms with Crippen LogP contribution in [-0.2, 0) is 4.74 Å². The highest BCUT2D eigenvalue weighted by atomic mass is 16.6. The maximum absolute atomic E-state index is 11.2. The van der Waals surface area contributed by atoms with Gasteiger partial charge in [-0.05, 0) is 6.92 Å². The van der Waals surface area contributed by atoms with Gasteiger partial charge >= 0.3 is 5.69 Å². The van der Waals surface area contributed by atoms with Crippen molar-refractivity contribution in [3.63, 3.8) is 0 Å². The van der Waals surface area contributed by atoms with Crippen LogP contribution < -0.4 is 10.2 Å². The van der Waals surface area contributed by atoms with Crippen LogP contribution >= 0.6 is 0 Å². The van der Waals surface area contributed by atoms with E-state index in [0.717, 1.165) is 0 Å². The molecule has 1 fully saturated rings. The number of anilines is 2. The van der Waals surface area contributed by atoms with Crippen molar-refractivity contribution in [2.24, 2.45) is 0 Å². The van der Waals surface area contributed by atoms with E-state index in [-0.39, 0.29) is 23.7 Å². The molecule has 9 nitrogen and oxygen atoms in total. The predicted molar refractivity (Wildman–Crippen MR) is 70.5 cm³/mol. The first kappa shape index (κ1) is 14.0. The molecule has 1 N–H and O–H groups in total. The lowest BCUT2D eigenvalue weighted by atomic mass is 10.2. The van der Waals surface area contributed by atoms with E-state index in [2.05, 4.69) is 15.3 Å². The molecule has 106 valence electrons.